The number of rotatable bonds is 9. The van der Waals surface area contributed by atoms with E-state index in [-0.39, 0.29) is 24.0 Å². The van der Waals surface area contributed by atoms with Crippen molar-refractivity contribution in [3.05, 3.63) is 53.6 Å². The summed E-state index contributed by atoms with van der Waals surface area (Å²) in [5, 5.41) is 6.95. The van der Waals surface area contributed by atoms with Crippen molar-refractivity contribution in [3.63, 3.8) is 0 Å². The van der Waals surface area contributed by atoms with Crippen LogP contribution in [0.2, 0.25) is 0 Å². The summed E-state index contributed by atoms with van der Waals surface area (Å²) < 4.78 is 16.2. The number of nitrogens with zero attached hydrogens (tertiary/aromatic N) is 2. The number of benzene rings is 2. The lowest BCUT2D eigenvalue weighted by Crippen LogP contribution is -2.44. The molecular weight excluding hydrogens is 519 g/mol. The van der Waals surface area contributed by atoms with Crippen LogP contribution in [0.3, 0.4) is 0 Å². The molecule has 2 N–H and O–H groups in total. The van der Waals surface area contributed by atoms with Gasteiger partial charge in [0.15, 0.2) is 5.96 Å². The van der Waals surface area contributed by atoms with Gasteiger partial charge in [-0.25, -0.2) is 4.99 Å². The number of guanidine groups is 1. The van der Waals surface area contributed by atoms with Crippen molar-refractivity contribution in [2.75, 3.05) is 41.0 Å². The van der Waals surface area contributed by atoms with E-state index in [1.807, 2.05) is 30.3 Å². The predicted molar refractivity (Wildman–Crippen MR) is 140 cm³/mol. The number of hydrogen-bond donors (Lipinski definition) is 2. The molecule has 8 heteroatoms. The Kier molecular flexibility index (Phi) is 10.9. The van der Waals surface area contributed by atoms with Crippen LogP contribution in [0.25, 0.3) is 0 Å². The molecule has 2 aromatic rings. The smallest absolute Gasteiger partial charge is 0.191 e. The first-order valence-electron chi connectivity index (χ1n) is 10.8. The highest BCUT2D eigenvalue weighted by molar-refractivity contribution is 14.0. The van der Waals surface area contributed by atoms with Gasteiger partial charge in [0.2, 0.25) is 0 Å². The number of aliphatic imine (C=N–C) groups is 1. The fraction of sp³-hybridized carbons (Fsp3) is 0.458. The molecular formula is C24H35IN4O3. The Morgan fingerprint density at radius 2 is 1.78 bits per heavy atom. The van der Waals surface area contributed by atoms with E-state index in [0.29, 0.717) is 12.6 Å². The summed E-state index contributed by atoms with van der Waals surface area (Å²) in [4.78, 5) is 7.21. The monoisotopic (exact) mass is 554 g/mol. The zero-order chi connectivity index (χ0) is 22.1. The maximum Gasteiger partial charge on any atom is 0.191 e. The maximum atomic E-state index is 5.44. The summed E-state index contributed by atoms with van der Waals surface area (Å²) in [6.07, 6.45) is 1.07. The first-order chi connectivity index (χ1) is 15.1. The molecule has 1 aliphatic rings. The minimum atomic E-state index is 0. The second-order valence-corrected chi connectivity index (χ2v) is 7.59. The van der Waals surface area contributed by atoms with Crippen LogP contribution in [0.1, 0.15) is 24.5 Å². The SMILES string of the molecule is CCNC(=NCc1ccccc1OC)NC1CCN(Cc2cc(OC)cc(OC)c2)C1.I. The van der Waals surface area contributed by atoms with E-state index >= 15 is 0 Å². The summed E-state index contributed by atoms with van der Waals surface area (Å²) in [7, 11) is 5.05. The van der Waals surface area contributed by atoms with Gasteiger partial charge in [0.25, 0.3) is 0 Å². The highest BCUT2D eigenvalue weighted by Gasteiger charge is 2.23. The Labute approximate surface area is 208 Å². The largest absolute Gasteiger partial charge is 0.497 e. The van der Waals surface area contributed by atoms with E-state index in [9.17, 15) is 0 Å². The summed E-state index contributed by atoms with van der Waals surface area (Å²) in [6, 6.07) is 14.4. The van der Waals surface area contributed by atoms with Crippen molar-refractivity contribution in [1.82, 2.24) is 15.5 Å². The number of nitrogens with one attached hydrogen (secondary N) is 2. The van der Waals surface area contributed by atoms with Crippen LogP contribution < -0.4 is 24.8 Å². The van der Waals surface area contributed by atoms with E-state index in [0.717, 1.165) is 61.4 Å². The van der Waals surface area contributed by atoms with E-state index in [4.69, 9.17) is 19.2 Å². The third kappa shape index (κ3) is 7.44. The third-order valence-corrected chi connectivity index (χ3v) is 5.37. The standard InChI is InChI=1S/C24H34N4O3.HI/c1-5-25-24(26-15-19-8-6-7-9-23(19)31-4)27-20-10-11-28(17-20)16-18-12-21(29-2)14-22(13-18)30-3;/h6-9,12-14,20H,5,10-11,15-17H2,1-4H3,(H2,25,26,27);1H. The van der Waals surface area contributed by atoms with E-state index in [1.54, 1.807) is 21.3 Å². The van der Waals surface area contributed by atoms with Gasteiger partial charge in [0.05, 0.1) is 27.9 Å². The van der Waals surface area contributed by atoms with Crippen LogP contribution in [0.5, 0.6) is 17.2 Å². The van der Waals surface area contributed by atoms with Gasteiger partial charge in [-0.1, -0.05) is 18.2 Å². The van der Waals surface area contributed by atoms with Gasteiger partial charge < -0.3 is 24.8 Å². The average molecular weight is 554 g/mol. The number of likely N-dealkylation sites (tertiary alicyclic amines) is 1. The number of halogens is 1. The van der Waals surface area contributed by atoms with E-state index < -0.39 is 0 Å². The van der Waals surface area contributed by atoms with Crippen LogP contribution in [-0.2, 0) is 13.1 Å². The zero-order valence-corrected chi connectivity index (χ0v) is 21.7. The molecule has 1 saturated heterocycles. The second kappa shape index (κ2) is 13.4. The molecule has 2 aromatic carbocycles. The molecule has 32 heavy (non-hydrogen) atoms. The Morgan fingerprint density at radius 1 is 1.06 bits per heavy atom. The molecule has 0 spiro atoms. The lowest BCUT2D eigenvalue weighted by atomic mass is 10.2. The normalized spacial score (nSPS) is 16.2. The molecule has 0 saturated carbocycles. The van der Waals surface area contributed by atoms with Crippen molar-refractivity contribution in [1.29, 1.82) is 0 Å². The molecule has 1 heterocycles. The number of methoxy groups -OCH3 is 3. The van der Waals surface area contributed by atoms with Gasteiger partial charge in [0, 0.05) is 43.9 Å². The first-order valence-corrected chi connectivity index (χ1v) is 10.8. The van der Waals surface area contributed by atoms with Gasteiger partial charge in [-0.2, -0.15) is 0 Å². The van der Waals surface area contributed by atoms with Crippen molar-refractivity contribution >= 4 is 29.9 Å². The molecule has 1 unspecified atom stereocenters. The average Bonchev–Trinajstić information content (AvgIpc) is 3.23. The van der Waals surface area contributed by atoms with Crippen LogP contribution in [0.15, 0.2) is 47.5 Å². The summed E-state index contributed by atoms with van der Waals surface area (Å²) in [5.41, 5.74) is 2.26. The van der Waals surface area contributed by atoms with Crippen LogP contribution in [0, 0.1) is 0 Å². The van der Waals surface area contributed by atoms with Crippen molar-refractivity contribution in [2.24, 2.45) is 4.99 Å². The lowest BCUT2D eigenvalue weighted by Gasteiger charge is -2.19. The predicted octanol–water partition coefficient (Wildman–Crippen LogP) is 3.66. The van der Waals surface area contributed by atoms with Gasteiger partial charge in [-0.3, -0.25) is 4.90 Å². The second-order valence-electron chi connectivity index (χ2n) is 7.59. The molecule has 0 amide bonds. The Balaban J connectivity index is 0.00000363. The number of ether oxygens (including phenoxy) is 3. The van der Waals surface area contributed by atoms with Crippen LogP contribution >= 0.6 is 24.0 Å². The Morgan fingerprint density at radius 3 is 2.44 bits per heavy atom. The minimum Gasteiger partial charge on any atom is -0.497 e. The molecule has 0 aromatic heterocycles. The zero-order valence-electron chi connectivity index (χ0n) is 19.4. The molecule has 1 atom stereocenters. The van der Waals surface area contributed by atoms with Crippen molar-refractivity contribution in [3.8, 4) is 17.2 Å². The van der Waals surface area contributed by atoms with Gasteiger partial charge in [0.1, 0.15) is 17.2 Å². The molecule has 176 valence electrons. The van der Waals surface area contributed by atoms with Crippen molar-refractivity contribution < 1.29 is 14.2 Å². The van der Waals surface area contributed by atoms with Gasteiger partial charge in [-0.05, 0) is 37.1 Å². The number of para-hydroxylation sites is 1. The highest BCUT2D eigenvalue weighted by Crippen LogP contribution is 2.24. The molecule has 0 radical (unpaired) electrons. The minimum absolute atomic E-state index is 0. The van der Waals surface area contributed by atoms with Crippen LogP contribution in [-0.4, -0.2) is 57.9 Å². The van der Waals surface area contributed by atoms with E-state index in [2.05, 4.69) is 34.6 Å². The third-order valence-electron chi connectivity index (χ3n) is 5.37. The summed E-state index contributed by atoms with van der Waals surface area (Å²) in [5.74, 6) is 3.34. The summed E-state index contributed by atoms with van der Waals surface area (Å²) >= 11 is 0. The number of hydrogen-bond acceptors (Lipinski definition) is 5. The lowest BCUT2D eigenvalue weighted by molar-refractivity contribution is 0.321. The molecule has 0 bridgehead atoms. The molecule has 0 aliphatic carbocycles. The Hall–Kier alpha value is -2.20. The van der Waals surface area contributed by atoms with Gasteiger partial charge >= 0.3 is 0 Å². The Bertz CT molecular complexity index is 856. The first kappa shape index (κ1) is 26.1. The molecule has 7 nitrogen and oxygen atoms in total. The highest BCUT2D eigenvalue weighted by atomic mass is 127. The molecule has 1 fully saturated rings. The fourth-order valence-corrected chi connectivity index (χ4v) is 3.82. The maximum absolute atomic E-state index is 5.44. The van der Waals surface area contributed by atoms with Crippen molar-refractivity contribution in [2.45, 2.75) is 32.5 Å². The van der Waals surface area contributed by atoms with E-state index in [1.165, 1.54) is 5.56 Å². The van der Waals surface area contributed by atoms with Gasteiger partial charge in [-0.15, -0.1) is 24.0 Å². The summed E-state index contributed by atoms with van der Waals surface area (Å²) in [6.45, 7) is 6.32. The topological polar surface area (TPSA) is 67.4 Å². The quantitative estimate of drug-likeness (QED) is 0.280. The fourth-order valence-electron chi connectivity index (χ4n) is 3.82. The molecule has 3 rings (SSSR count). The van der Waals surface area contributed by atoms with Crippen LogP contribution in [0.4, 0.5) is 0 Å². The molecule has 1 aliphatic heterocycles.